The third kappa shape index (κ3) is 8.31. The molecule has 1 aliphatic carbocycles. The summed E-state index contributed by atoms with van der Waals surface area (Å²) in [5.74, 6) is 0. The normalized spacial score (nSPS) is 49.2. The van der Waals surface area contributed by atoms with Crippen molar-refractivity contribution in [1.29, 1.82) is 0 Å². The number of hydrogen-bond donors (Lipinski definition) is 14. The van der Waals surface area contributed by atoms with Crippen molar-refractivity contribution in [3.63, 3.8) is 0 Å². The van der Waals surface area contributed by atoms with Crippen LogP contribution >= 0.6 is 0 Å². The van der Waals surface area contributed by atoms with E-state index in [1.165, 1.54) is 0 Å². The topological polar surface area (TPSA) is 365 Å². The van der Waals surface area contributed by atoms with Gasteiger partial charge in [-0.3, -0.25) is 0 Å². The third-order valence-corrected chi connectivity index (χ3v) is 9.07. The summed E-state index contributed by atoms with van der Waals surface area (Å²) in [6.45, 7) is -0.808. The summed E-state index contributed by atoms with van der Waals surface area (Å²) in [5, 5.41) is 76.7. The smallest absolute Gasteiger partial charge is 0.187 e. The molecule has 3 saturated heterocycles. The molecule has 3 aliphatic heterocycles. The molecule has 0 amide bonds. The summed E-state index contributed by atoms with van der Waals surface area (Å²) < 4.78 is 35.4. The van der Waals surface area contributed by atoms with Crippen LogP contribution in [0, 0.1) is 0 Å². The zero-order chi connectivity index (χ0) is 33.9. The Hall–Kier alpha value is -0.800. The van der Waals surface area contributed by atoms with Gasteiger partial charge in [-0.25, -0.2) is 0 Å². The first-order valence-electron chi connectivity index (χ1n) is 15.6. The molecule has 0 aromatic heterocycles. The highest BCUT2D eigenvalue weighted by molar-refractivity contribution is 5.02. The Morgan fingerprint density at radius 1 is 0.674 bits per heavy atom. The maximum atomic E-state index is 11.5. The fourth-order valence-electron chi connectivity index (χ4n) is 6.26. The molecule has 1 unspecified atom stereocenters. The molecule has 0 radical (unpaired) electrons. The molecule has 20 N–H and O–H groups in total. The summed E-state index contributed by atoms with van der Waals surface area (Å²) in [4.78, 5) is 0. The van der Waals surface area contributed by atoms with Crippen LogP contribution < -0.4 is 39.7 Å². The Labute approximate surface area is 266 Å². The Morgan fingerprint density at radius 3 is 1.91 bits per heavy atom. The zero-order valence-electron chi connectivity index (χ0n) is 25.5. The second-order valence-corrected chi connectivity index (χ2v) is 12.4. The largest absolute Gasteiger partial charge is 0.394 e. The van der Waals surface area contributed by atoms with Crippen LogP contribution in [0.15, 0.2) is 0 Å². The average molecular weight is 672 g/mol. The lowest BCUT2D eigenvalue weighted by molar-refractivity contribution is -0.296. The minimum atomic E-state index is -1.60. The van der Waals surface area contributed by atoms with Crippen molar-refractivity contribution in [3.8, 4) is 0 Å². The molecule has 1 saturated carbocycles. The van der Waals surface area contributed by atoms with E-state index in [0.29, 0.717) is 0 Å². The van der Waals surface area contributed by atoms with Gasteiger partial charge in [0.15, 0.2) is 18.9 Å². The minimum absolute atomic E-state index is 0.00902. The molecule has 4 rings (SSSR count). The van der Waals surface area contributed by atoms with Gasteiger partial charge in [-0.05, 0) is 12.8 Å². The molecule has 270 valence electrons. The second-order valence-electron chi connectivity index (χ2n) is 12.4. The zero-order valence-corrected chi connectivity index (χ0v) is 25.5. The number of aliphatic hydroxyl groups excluding tert-OH is 7. The van der Waals surface area contributed by atoms with E-state index in [4.69, 9.17) is 62.8 Å². The summed E-state index contributed by atoms with van der Waals surface area (Å²) in [5.41, 5.74) is 35.7. The summed E-state index contributed by atoms with van der Waals surface area (Å²) in [7, 11) is 0. The van der Waals surface area contributed by atoms with E-state index in [1.54, 1.807) is 0 Å². The third-order valence-electron chi connectivity index (χ3n) is 9.07. The number of ether oxygens (including phenoxy) is 6. The van der Waals surface area contributed by atoms with Crippen molar-refractivity contribution in [2.24, 2.45) is 34.4 Å². The molecule has 0 bridgehead atoms. The standard InChI is InChI=1S/C26H53N7O13/c27-3-8(35)6-33-11-1-9(30)21(44-24-10(31)2-12(36)13(4-28)41-24)23(17(11)37)46-26-20(40)22(15(7-34)43-26)45-25-16(32)19(39)18(38)14(5-29)42-25/h8-26,33-40H,1-7,27-32H2/t8?,9-,10+,11+,12-,13+,14-,15+,16+,17-,18+,19+,20+,21+,22+,23+,24+,25+,26-/m0/s1. The van der Waals surface area contributed by atoms with E-state index in [2.05, 4.69) is 5.32 Å². The second kappa shape index (κ2) is 16.7. The van der Waals surface area contributed by atoms with E-state index in [9.17, 15) is 35.7 Å². The highest BCUT2D eigenvalue weighted by atomic mass is 16.8. The molecule has 0 aromatic rings. The number of nitrogens with one attached hydrogen (secondary N) is 1. The van der Waals surface area contributed by atoms with Crippen LogP contribution in [0.25, 0.3) is 0 Å². The molecule has 19 atom stereocenters. The van der Waals surface area contributed by atoms with Crippen LogP contribution in [-0.4, -0.2) is 185 Å². The van der Waals surface area contributed by atoms with Crippen molar-refractivity contribution < 1.29 is 64.2 Å². The van der Waals surface area contributed by atoms with E-state index in [1.807, 2.05) is 0 Å². The molecular weight excluding hydrogens is 618 g/mol. The maximum absolute atomic E-state index is 11.5. The average Bonchev–Trinajstić information content (AvgIpc) is 3.33. The Kier molecular flexibility index (Phi) is 13.8. The minimum Gasteiger partial charge on any atom is -0.394 e. The Bertz CT molecular complexity index is 935. The van der Waals surface area contributed by atoms with Crippen LogP contribution in [-0.2, 0) is 28.4 Å². The van der Waals surface area contributed by atoms with Crippen LogP contribution in [0.2, 0.25) is 0 Å². The fourth-order valence-corrected chi connectivity index (χ4v) is 6.26. The van der Waals surface area contributed by atoms with Gasteiger partial charge >= 0.3 is 0 Å². The lowest BCUT2D eigenvalue weighted by atomic mass is 9.83. The fraction of sp³-hybridized carbons (Fsp3) is 1.00. The van der Waals surface area contributed by atoms with Crippen LogP contribution in [0.4, 0.5) is 0 Å². The molecule has 4 fully saturated rings. The molecule has 20 nitrogen and oxygen atoms in total. The number of aliphatic hydroxyl groups is 7. The first-order valence-corrected chi connectivity index (χ1v) is 15.6. The first kappa shape index (κ1) is 38.0. The summed E-state index contributed by atoms with van der Waals surface area (Å²) in [6.07, 6.45) is -18.0. The van der Waals surface area contributed by atoms with Crippen molar-refractivity contribution in [2.45, 2.75) is 129 Å². The molecule has 4 aliphatic rings. The van der Waals surface area contributed by atoms with Crippen molar-refractivity contribution in [3.05, 3.63) is 0 Å². The van der Waals surface area contributed by atoms with Gasteiger partial charge in [-0.15, -0.1) is 0 Å². The SMILES string of the molecule is NCC(O)CN[C@@H]1C[C@H](N)[C@@H](O[C@H]2O[C@H](CN)[C@@H](O)C[C@H]2N)[C@H](O[C@@H]2O[C@H](CO)[C@@H](O[C@H]3O[C@@H](CN)[C@@H](O)[C@H](O)[C@H]3N)[C@H]2O)[C@H]1O. The van der Waals surface area contributed by atoms with Gasteiger partial charge in [-0.1, -0.05) is 0 Å². The van der Waals surface area contributed by atoms with E-state index in [0.717, 1.165) is 0 Å². The number of rotatable bonds is 13. The monoisotopic (exact) mass is 671 g/mol. The summed E-state index contributed by atoms with van der Waals surface area (Å²) in [6, 6.07) is -3.57. The molecular formula is C26H53N7O13. The van der Waals surface area contributed by atoms with Crippen LogP contribution in [0.1, 0.15) is 12.8 Å². The van der Waals surface area contributed by atoms with Gasteiger partial charge in [0, 0.05) is 38.3 Å². The predicted molar refractivity (Wildman–Crippen MR) is 156 cm³/mol. The van der Waals surface area contributed by atoms with Crippen molar-refractivity contribution >= 4 is 0 Å². The van der Waals surface area contributed by atoms with Gasteiger partial charge in [0.1, 0.15) is 48.8 Å². The first-order chi connectivity index (χ1) is 21.8. The molecule has 46 heavy (non-hydrogen) atoms. The van der Waals surface area contributed by atoms with Gasteiger partial charge in [-0.2, -0.15) is 0 Å². The lowest BCUT2D eigenvalue weighted by Gasteiger charge is -2.47. The highest BCUT2D eigenvalue weighted by Crippen LogP contribution is 2.34. The van der Waals surface area contributed by atoms with Crippen molar-refractivity contribution in [1.82, 2.24) is 5.32 Å². The number of hydrogen-bond acceptors (Lipinski definition) is 20. The Morgan fingerprint density at radius 2 is 1.28 bits per heavy atom. The predicted octanol–water partition coefficient (Wildman–Crippen LogP) is -8.92. The van der Waals surface area contributed by atoms with E-state index >= 15 is 0 Å². The van der Waals surface area contributed by atoms with E-state index < -0.39 is 123 Å². The molecule has 0 spiro atoms. The van der Waals surface area contributed by atoms with Crippen molar-refractivity contribution in [2.75, 3.05) is 32.8 Å². The lowest BCUT2D eigenvalue weighted by Crippen LogP contribution is -2.67. The number of nitrogens with two attached hydrogens (primary N) is 6. The molecule has 20 heteroatoms. The van der Waals surface area contributed by atoms with Gasteiger partial charge in [0.05, 0.1) is 43.1 Å². The Balaban J connectivity index is 1.53. The highest BCUT2D eigenvalue weighted by Gasteiger charge is 2.54. The van der Waals surface area contributed by atoms with Gasteiger partial charge in [0.2, 0.25) is 0 Å². The quantitative estimate of drug-likeness (QED) is 0.0863. The van der Waals surface area contributed by atoms with Gasteiger partial charge in [0.25, 0.3) is 0 Å². The maximum Gasteiger partial charge on any atom is 0.187 e. The van der Waals surface area contributed by atoms with Gasteiger partial charge < -0.3 is 104 Å². The van der Waals surface area contributed by atoms with Crippen LogP contribution in [0.5, 0.6) is 0 Å². The summed E-state index contributed by atoms with van der Waals surface area (Å²) >= 11 is 0. The molecule has 0 aromatic carbocycles. The van der Waals surface area contributed by atoms with Crippen LogP contribution in [0.3, 0.4) is 0 Å². The molecule has 3 heterocycles. The van der Waals surface area contributed by atoms with E-state index in [-0.39, 0.29) is 39.0 Å².